The maximum absolute atomic E-state index is 9.27. The minimum atomic E-state index is 0.151. The van der Waals surface area contributed by atoms with Crippen molar-refractivity contribution in [1.29, 1.82) is 0 Å². The molecule has 1 aromatic carbocycles. The second-order valence-corrected chi connectivity index (χ2v) is 3.79. The number of hydrogen-bond acceptors (Lipinski definition) is 3. The maximum Gasteiger partial charge on any atom is 0.146 e. The summed E-state index contributed by atoms with van der Waals surface area (Å²) >= 11 is 3.36. The van der Waals surface area contributed by atoms with Crippen LogP contribution in [0.15, 0.2) is 28.9 Å². The van der Waals surface area contributed by atoms with Crippen LogP contribution in [-0.4, -0.2) is 17.2 Å². The summed E-state index contributed by atoms with van der Waals surface area (Å²) in [6, 6.07) is 5.37. The highest BCUT2D eigenvalue weighted by Crippen LogP contribution is 2.29. The normalized spacial score (nSPS) is 10.4. The van der Waals surface area contributed by atoms with Gasteiger partial charge in [-0.3, -0.25) is 0 Å². The largest absolute Gasteiger partial charge is 0.506 e. The van der Waals surface area contributed by atoms with Gasteiger partial charge in [-0.15, -0.1) is 0 Å². The van der Waals surface area contributed by atoms with Crippen molar-refractivity contribution in [2.45, 2.75) is 0 Å². The van der Waals surface area contributed by atoms with Gasteiger partial charge in [-0.25, -0.2) is 4.98 Å². The van der Waals surface area contributed by atoms with Crippen molar-refractivity contribution < 1.29 is 9.84 Å². The van der Waals surface area contributed by atoms with E-state index in [1.54, 1.807) is 13.2 Å². The van der Waals surface area contributed by atoms with Gasteiger partial charge in [0.2, 0.25) is 0 Å². The Balaban J connectivity index is 2.81. The number of pyridine rings is 1. The number of halogens is 1. The number of aromatic nitrogens is 1. The average Bonchev–Trinajstić information content (AvgIpc) is 2.15. The summed E-state index contributed by atoms with van der Waals surface area (Å²) in [5.74, 6) is 0.840. The minimum absolute atomic E-state index is 0.151. The molecule has 0 saturated heterocycles. The van der Waals surface area contributed by atoms with E-state index in [0.717, 1.165) is 15.4 Å². The molecule has 0 saturated carbocycles. The van der Waals surface area contributed by atoms with Crippen LogP contribution >= 0.6 is 15.9 Å². The summed E-state index contributed by atoms with van der Waals surface area (Å²) in [5, 5.41) is 10.1. The number of rotatable bonds is 1. The molecule has 3 nitrogen and oxygen atoms in total. The van der Waals surface area contributed by atoms with Crippen molar-refractivity contribution >= 4 is 26.8 Å². The van der Waals surface area contributed by atoms with Crippen molar-refractivity contribution in [3.63, 3.8) is 0 Å². The van der Waals surface area contributed by atoms with Crippen molar-refractivity contribution in [3.05, 3.63) is 28.9 Å². The number of fused-ring (bicyclic) bond motifs is 1. The summed E-state index contributed by atoms with van der Waals surface area (Å²) in [6.45, 7) is 0. The summed E-state index contributed by atoms with van der Waals surface area (Å²) in [4.78, 5) is 4.10. The highest BCUT2D eigenvalue weighted by Gasteiger charge is 2.05. The molecule has 0 aliphatic carbocycles. The third-order valence-electron chi connectivity index (χ3n) is 1.92. The Morgan fingerprint density at radius 1 is 1.36 bits per heavy atom. The molecule has 0 radical (unpaired) electrons. The highest BCUT2D eigenvalue weighted by molar-refractivity contribution is 9.10. The van der Waals surface area contributed by atoms with E-state index in [4.69, 9.17) is 4.74 Å². The van der Waals surface area contributed by atoms with E-state index in [9.17, 15) is 5.11 Å². The molecule has 1 aromatic heterocycles. The molecular weight excluding hydrogens is 246 g/mol. The van der Waals surface area contributed by atoms with Crippen LogP contribution in [0.25, 0.3) is 10.9 Å². The van der Waals surface area contributed by atoms with E-state index < -0.39 is 0 Å². The number of benzene rings is 1. The first-order valence-corrected chi connectivity index (χ1v) is 4.82. The summed E-state index contributed by atoms with van der Waals surface area (Å²) in [7, 11) is 1.59. The van der Waals surface area contributed by atoms with Gasteiger partial charge in [-0.05, 0) is 18.2 Å². The van der Waals surface area contributed by atoms with Crippen LogP contribution < -0.4 is 4.74 Å². The zero-order valence-electron chi connectivity index (χ0n) is 7.49. The van der Waals surface area contributed by atoms with Gasteiger partial charge in [0.15, 0.2) is 0 Å². The molecule has 4 heteroatoms. The van der Waals surface area contributed by atoms with Crippen LogP contribution in [0, 0.1) is 0 Å². The van der Waals surface area contributed by atoms with Gasteiger partial charge in [-0.2, -0.15) is 0 Å². The summed E-state index contributed by atoms with van der Waals surface area (Å²) < 4.78 is 6.07. The van der Waals surface area contributed by atoms with E-state index in [0.29, 0.717) is 5.75 Å². The first kappa shape index (κ1) is 9.27. The smallest absolute Gasteiger partial charge is 0.146 e. The Bertz CT molecular complexity index is 480. The zero-order valence-corrected chi connectivity index (χ0v) is 9.08. The first-order valence-electron chi connectivity index (χ1n) is 4.03. The lowest BCUT2D eigenvalue weighted by molar-refractivity contribution is 0.418. The standard InChI is InChI=1S/C10H8BrNO2/c1-14-9-4-7(11)2-6-3-8(13)5-12-10(6)9/h2-5,13H,1H3. The van der Waals surface area contributed by atoms with Gasteiger partial charge in [0.25, 0.3) is 0 Å². The predicted molar refractivity (Wildman–Crippen MR) is 57.7 cm³/mol. The van der Waals surface area contributed by atoms with Crippen LogP contribution in [-0.2, 0) is 0 Å². The van der Waals surface area contributed by atoms with Crippen molar-refractivity contribution in [3.8, 4) is 11.5 Å². The minimum Gasteiger partial charge on any atom is -0.506 e. The van der Waals surface area contributed by atoms with Gasteiger partial charge >= 0.3 is 0 Å². The van der Waals surface area contributed by atoms with Crippen LogP contribution in [0.1, 0.15) is 0 Å². The number of hydrogen-bond donors (Lipinski definition) is 1. The Labute approximate surface area is 89.5 Å². The Kier molecular flexibility index (Phi) is 2.29. The second-order valence-electron chi connectivity index (χ2n) is 2.87. The van der Waals surface area contributed by atoms with E-state index in [2.05, 4.69) is 20.9 Å². The third kappa shape index (κ3) is 1.53. The fraction of sp³-hybridized carbons (Fsp3) is 0.100. The Morgan fingerprint density at radius 3 is 2.86 bits per heavy atom. The van der Waals surface area contributed by atoms with Gasteiger partial charge in [0.1, 0.15) is 17.0 Å². The number of ether oxygens (including phenoxy) is 1. The lowest BCUT2D eigenvalue weighted by Crippen LogP contribution is -1.87. The predicted octanol–water partition coefficient (Wildman–Crippen LogP) is 2.71. The molecule has 2 rings (SSSR count). The molecule has 72 valence electrons. The van der Waals surface area contributed by atoms with Crippen LogP contribution in [0.2, 0.25) is 0 Å². The molecular formula is C10H8BrNO2. The molecule has 1 N–H and O–H groups in total. The molecule has 0 spiro atoms. The SMILES string of the molecule is COc1cc(Br)cc2cc(O)cnc12. The first-order chi connectivity index (χ1) is 6.70. The van der Waals surface area contributed by atoms with Gasteiger partial charge in [0, 0.05) is 9.86 Å². The second kappa shape index (κ2) is 3.46. The monoisotopic (exact) mass is 253 g/mol. The zero-order chi connectivity index (χ0) is 10.1. The lowest BCUT2D eigenvalue weighted by Gasteiger charge is -2.05. The Morgan fingerprint density at radius 2 is 2.14 bits per heavy atom. The van der Waals surface area contributed by atoms with Crippen molar-refractivity contribution in [1.82, 2.24) is 4.98 Å². The average molecular weight is 254 g/mol. The van der Waals surface area contributed by atoms with E-state index in [-0.39, 0.29) is 5.75 Å². The fourth-order valence-corrected chi connectivity index (χ4v) is 1.78. The summed E-state index contributed by atoms with van der Waals surface area (Å²) in [6.07, 6.45) is 1.40. The van der Waals surface area contributed by atoms with E-state index in [1.807, 2.05) is 12.1 Å². The molecule has 0 atom stereocenters. The Hall–Kier alpha value is -1.29. The molecule has 2 aromatic rings. The van der Waals surface area contributed by atoms with Gasteiger partial charge in [0.05, 0.1) is 13.3 Å². The quantitative estimate of drug-likeness (QED) is 0.850. The topological polar surface area (TPSA) is 42.4 Å². The lowest BCUT2D eigenvalue weighted by atomic mass is 10.2. The van der Waals surface area contributed by atoms with E-state index >= 15 is 0 Å². The van der Waals surface area contributed by atoms with Crippen LogP contribution in [0.3, 0.4) is 0 Å². The number of nitrogens with zero attached hydrogens (tertiary/aromatic N) is 1. The van der Waals surface area contributed by atoms with Crippen LogP contribution in [0.5, 0.6) is 11.5 Å². The summed E-state index contributed by atoms with van der Waals surface area (Å²) in [5.41, 5.74) is 0.744. The molecule has 0 bridgehead atoms. The third-order valence-corrected chi connectivity index (χ3v) is 2.38. The van der Waals surface area contributed by atoms with Gasteiger partial charge < -0.3 is 9.84 Å². The number of aromatic hydroxyl groups is 1. The molecule has 0 fully saturated rings. The number of methoxy groups -OCH3 is 1. The maximum atomic E-state index is 9.27. The molecule has 0 aliphatic heterocycles. The van der Waals surface area contributed by atoms with Gasteiger partial charge in [-0.1, -0.05) is 15.9 Å². The molecule has 0 aliphatic rings. The molecule has 14 heavy (non-hydrogen) atoms. The molecule has 0 amide bonds. The molecule has 1 heterocycles. The molecule has 0 unspecified atom stereocenters. The fourth-order valence-electron chi connectivity index (χ4n) is 1.33. The van der Waals surface area contributed by atoms with Crippen molar-refractivity contribution in [2.75, 3.05) is 7.11 Å². The van der Waals surface area contributed by atoms with Crippen molar-refractivity contribution in [2.24, 2.45) is 0 Å². The highest BCUT2D eigenvalue weighted by atomic mass is 79.9. The van der Waals surface area contributed by atoms with E-state index in [1.165, 1.54) is 6.20 Å². The van der Waals surface area contributed by atoms with Crippen LogP contribution in [0.4, 0.5) is 0 Å².